The smallest absolute Gasteiger partial charge is 0.0380 e. The van der Waals surface area contributed by atoms with E-state index in [4.69, 9.17) is 0 Å². The van der Waals surface area contributed by atoms with Gasteiger partial charge in [-0.05, 0) is 24.7 Å². The molecule has 21 heavy (non-hydrogen) atoms. The van der Waals surface area contributed by atoms with Crippen molar-refractivity contribution in [3.63, 3.8) is 0 Å². The van der Waals surface area contributed by atoms with Crippen molar-refractivity contribution in [2.24, 2.45) is 11.3 Å². The summed E-state index contributed by atoms with van der Waals surface area (Å²) in [6, 6.07) is 22.3. The van der Waals surface area contributed by atoms with Gasteiger partial charge < -0.3 is 0 Å². The zero-order valence-corrected chi connectivity index (χ0v) is 14.6. The van der Waals surface area contributed by atoms with Gasteiger partial charge in [0.15, 0.2) is 0 Å². The summed E-state index contributed by atoms with van der Waals surface area (Å²) in [5.74, 6) is 0.843. The molecule has 0 aliphatic rings. The van der Waals surface area contributed by atoms with Crippen LogP contribution >= 0.6 is 0 Å². The molecule has 2 aromatic carbocycles. The molecular formula is C21H32. The second-order valence-electron chi connectivity index (χ2n) is 6.97. The van der Waals surface area contributed by atoms with Gasteiger partial charge in [0.25, 0.3) is 0 Å². The molecule has 0 heteroatoms. The first-order chi connectivity index (χ1) is 9.81. The fourth-order valence-corrected chi connectivity index (χ4v) is 2.14. The van der Waals surface area contributed by atoms with E-state index in [1.807, 2.05) is 54.6 Å². The topological polar surface area (TPSA) is 0 Å². The standard InChI is InChI=1S/C8H18.C7H8.C6H6/c1-7(2)6-8(3,4)5;1-7-5-3-2-4-6-7;1-2-4-6-5-3-1/h7H,6H2,1-5H3;2-6H,1H3;1-6H. The molecule has 0 bridgehead atoms. The molecule has 0 heterocycles. The number of hydrogen-bond acceptors (Lipinski definition) is 0. The van der Waals surface area contributed by atoms with Gasteiger partial charge in [0.2, 0.25) is 0 Å². The number of benzene rings is 2. The van der Waals surface area contributed by atoms with Crippen molar-refractivity contribution >= 4 is 0 Å². The normalized spacial score (nSPS) is 10.0. The van der Waals surface area contributed by atoms with Gasteiger partial charge in [-0.1, -0.05) is 107 Å². The summed E-state index contributed by atoms with van der Waals surface area (Å²) in [6.07, 6.45) is 1.33. The van der Waals surface area contributed by atoms with Crippen LogP contribution in [-0.4, -0.2) is 0 Å². The Kier molecular flexibility index (Phi) is 10.3. The number of rotatable bonds is 1. The lowest BCUT2D eigenvalue weighted by atomic mass is 9.86. The Morgan fingerprint density at radius 2 is 1.05 bits per heavy atom. The highest BCUT2D eigenvalue weighted by atomic mass is 14.2. The van der Waals surface area contributed by atoms with Gasteiger partial charge in [-0.25, -0.2) is 0 Å². The van der Waals surface area contributed by atoms with Crippen LogP contribution in [0.2, 0.25) is 0 Å². The van der Waals surface area contributed by atoms with Crippen molar-refractivity contribution < 1.29 is 0 Å². The summed E-state index contributed by atoms with van der Waals surface area (Å²) in [4.78, 5) is 0. The van der Waals surface area contributed by atoms with Gasteiger partial charge in [-0.2, -0.15) is 0 Å². The molecule has 0 atom stereocenters. The zero-order chi connectivity index (χ0) is 16.1. The highest BCUT2D eigenvalue weighted by Gasteiger charge is 2.11. The Morgan fingerprint density at radius 3 is 1.19 bits per heavy atom. The molecule has 116 valence electrons. The average Bonchev–Trinajstić information content (AvgIpc) is 2.40. The first kappa shape index (κ1) is 19.4. The minimum atomic E-state index is 0.522. The largest absolute Gasteiger partial charge is 0.0628 e. The fraction of sp³-hybridized carbons (Fsp3) is 0.429. The number of aryl methyl sites for hydroxylation is 1. The van der Waals surface area contributed by atoms with Crippen molar-refractivity contribution in [3.05, 3.63) is 72.3 Å². The third-order valence-corrected chi connectivity index (χ3v) is 2.63. The van der Waals surface area contributed by atoms with Crippen LogP contribution in [0.1, 0.15) is 46.6 Å². The minimum absolute atomic E-state index is 0.522. The van der Waals surface area contributed by atoms with Crippen molar-refractivity contribution in [1.29, 1.82) is 0 Å². The zero-order valence-electron chi connectivity index (χ0n) is 14.6. The Balaban J connectivity index is 0.000000288. The molecule has 0 radical (unpaired) electrons. The second-order valence-corrected chi connectivity index (χ2v) is 6.97. The van der Waals surface area contributed by atoms with E-state index in [0.29, 0.717) is 5.41 Å². The minimum Gasteiger partial charge on any atom is -0.0628 e. The van der Waals surface area contributed by atoms with Gasteiger partial charge >= 0.3 is 0 Å². The van der Waals surface area contributed by atoms with E-state index in [9.17, 15) is 0 Å². The molecule has 0 spiro atoms. The molecule has 2 rings (SSSR count). The van der Waals surface area contributed by atoms with Gasteiger partial charge in [-0.3, -0.25) is 0 Å². The molecule has 0 fully saturated rings. The third kappa shape index (κ3) is 16.4. The molecule has 0 nitrogen and oxygen atoms in total. The van der Waals surface area contributed by atoms with Crippen molar-refractivity contribution in [2.45, 2.75) is 48.0 Å². The van der Waals surface area contributed by atoms with Gasteiger partial charge in [0.1, 0.15) is 0 Å². The summed E-state index contributed by atoms with van der Waals surface area (Å²) < 4.78 is 0. The summed E-state index contributed by atoms with van der Waals surface area (Å²) in [5.41, 5.74) is 1.84. The highest BCUT2D eigenvalue weighted by Crippen LogP contribution is 2.23. The van der Waals surface area contributed by atoms with Gasteiger partial charge in [-0.15, -0.1) is 0 Å². The summed E-state index contributed by atoms with van der Waals surface area (Å²) in [7, 11) is 0. The molecule has 2 aromatic rings. The molecule has 0 aromatic heterocycles. The Morgan fingerprint density at radius 1 is 0.714 bits per heavy atom. The maximum atomic E-state index is 2.28. The third-order valence-electron chi connectivity index (χ3n) is 2.63. The molecule has 0 aliphatic heterocycles. The van der Waals surface area contributed by atoms with Crippen molar-refractivity contribution in [3.8, 4) is 0 Å². The van der Waals surface area contributed by atoms with E-state index in [0.717, 1.165) is 5.92 Å². The quantitative estimate of drug-likeness (QED) is 0.542. The molecule has 0 aliphatic carbocycles. The maximum absolute atomic E-state index is 2.28. The first-order valence-corrected chi connectivity index (χ1v) is 7.83. The fourth-order valence-electron chi connectivity index (χ4n) is 2.14. The van der Waals surface area contributed by atoms with E-state index >= 15 is 0 Å². The van der Waals surface area contributed by atoms with Crippen LogP contribution in [0.3, 0.4) is 0 Å². The van der Waals surface area contributed by atoms with Crippen LogP contribution in [0.5, 0.6) is 0 Å². The first-order valence-electron chi connectivity index (χ1n) is 7.83. The van der Waals surface area contributed by atoms with Crippen molar-refractivity contribution in [2.75, 3.05) is 0 Å². The predicted molar refractivity (Wildman–Crippen MR) is 96.5 cm³/mol. The summed E-state index contributed by atoms with van der Waals surface area (Å²) >= 11 is 0. The lowest BCUT2D eigenvalue weighted by Crippen LogP contribution is -2.08. The van der Waals surface area contributed by atoms with Crippen LogP contribution < -0.4 is 0 Å². The van der Waals surface area contributed by atoms with E-state index < -0.39 is 0 Å². The highest BCUT2D eigenvalue weighted by molar-refractivity contribution is 5.11. The lowest BCUT2D eigenvalue weighted by Gasteiger charge is -2.19. The lowest BCUT2D eigenvalue weighted by molar-refractivity contribution is 0.320. The summed E-state index contributed by atoms with van der Waals surface area (Å²) in [6.45, 7) is 13.5. The van der Waals surface area contributed by atoms with E-state index in [1.165, 1.54) is 12.0 Å². The van der Waals surface area contributed by atoms with Crippen molar-refractivity contribution in [1.82, 2.24) is 0 Å². The SMILES string of the molecule is CC(C)CC(C)(C)C.Cc1ccccc1.c1ccccc1. The van der Waals surface area contributed by atoms with E-state index in [-0.39, 0.29) is 0 Å². The molecule has 0 unspecified atom stereocenters. The molecular weight excluding hydrogens is 252 g/mol. The van der Waals surface area contributed by atoms with Gasteiger partial charge in [0.05, 0.1) is 0 Å². The van der Waals surface area contributed by atoms with E-state index in [1.54, 1.807) is 0 Å². The molecule has 0 N–H and O–H groups in total. The Labute approximate surface area is 132 Å². The van der Waals surface area contributed by atoms with Crippen LogP contribution in [0.25, 0.3) is 0 Å². The van der Waals surface area contributed by atoms with E-state index in [2.05, 4.69) is 53.7 Å². The Hall–Kier alpha value is -1.56. The van der Waals surface area contributed by atoms with Crippen LogP contribution in [0.4, 0.5) is 0 Å². The van der Waals surface area contributed by atoms with Crippen LogP contribution in [0, 0.1) is 18.3 Å². The Bertz CT molecular complexity index is 394. The monoisotopic (exact) mass is 284 g/mol. The predicted octanol–water partition coefficient (Wildman–Crippen LogP) is 6.76. The molecule has 0 saturated carbocycles. The second kappa shape index (κ2) is 11.1. The summed E-state index contributed by atoms with van der Waals surface area (Å²) in [5, 5.41) is 0. The van der Waals surface area contributed by atoms with Crippen LogP contribution in [-0.2, 0) is 0 Å². The average molecular weight is 284 g/mol. The van der Waals surface area contributed by atoms with Crippen LogP contribution in [0.15, 0.2) is 66.7 Å². The molecule has 0 amide bonds. The molecule has 0 saturated heterocycles. The number of hydrogen-bond donors (Lipinski definition) is 0. The van der Waals surface area contributed by atoms with Gasteiger partial charge in [0, 0.05) is 0 Å². The maximum Gasteiger partial charge on any atom is -0.0380 e.